The lowest BCUT2D eigenvalue weighted by molar-refractivity contribution is -0.165. The van der Waals surface area contributed by atoms with E-state index in [1.54, 1.807) is 14.0 Å². The van der Waals surface area contributed by atoms with Crippen molar-refractivity contribution in [3.63, 3.8) is 0 Å². The molecule has 1 amide bonds. The molecule has 7 nitrogen and oxygen atoms in total. The normalized spacial score (nSPS) is 14.7. The van der Waals surface area contributed by atoms with E-state index >= 15 is 0 Å². The monoisotopic (exact) mass is 337 g/mol. The number of rotatable bonds is 6. The highest BCUT2D eigenvalue weighted by Crippen LogP contribution is 2.32. The van der Waals surface area contributed by atoms with E-state index in [2.05, 4.69) is 0 Å². The van der Waals surface area contributed by atoms with E-state index in [0.717, 1.165) is 11.3 Å². The van der Waals surface area contributed by atoms with Crippen molar-refractivity contribution in [2.75, 3.05) is 13.8 Å². The molecule has 1 aliphatic rings. The van der Waals surface area contributed by atoms with Crippen LogP contribution in [-0.2, 0) is 20.7 Å². The van der Waals surface area contributed by atoms with Gasteiger partial charge in [-0.2, -0.15) is 0 Å². The summed E-state index contributed by atoms with van der Waals surface area (Å²) in [4.78, 5) is 24.8. The Morgan fingerprint density at radius 3 is 2.62 bits per heavy atom. The van der Waals surface area contributed by atoms with Crippen LogP contribution in [0.25, 0.3) is 0 Å². The van der Waals surface area contributed by atoms with Crippen LogP contribution in [0.5, 0.6) is 11.5 Å². The van der Waals surface area contributed by atoms with E-state index in [0.29, 0.717) is 12.2 Å². The van der Waals surface area contributed by atoms with E-state index in [-0.39, 0.29) is 19.3 Å². The molecular weight excluding hydrogens is 314 g/mol. The molecule has 132 valence electrons. The third-order valence-corrected chi connectivity index (χ3v) is 3.77. The number of esters is 1. The molecule has 1 heterocycles. The Hall–Kier alpha value is -2.44. The van der Waals surface area contributed by atoms with Crippen LogP contribution in [0, 0.1) is 0 Å². The van der Waals surface area contributed by atoms with Crippen LogP contribution in [0.1, 0.15) is 32.8 Å². The Kier molecular flexibility index (Phi) is 5.89. The summed E-state index contributed by atoms with van der Waals surface area (Å²) in [5.74, 6) is 1.03. The topological polar surface area (TPSA) is 74.3 Å². The summed E-state index contributed by atoms with van der Waals surface area (Å²) in [6.45, 7) is 5.34. The first-order valence-electron chi connectivity index (χ1n) is 7.92. The van der Waals surface area contributed by atoms with E-state index in [1.807, 2.05) is 25.1 Å². The van der Waals surface area contributed by atoms with Gasteiger partial charge in [-0.15, -0.1) is 0 Å². The molecule has 2 rings (SSSR count). The molecule has 0 aromatic heterocycles. The maximum Gasteiger partial charge on any atom is 0.412 e. The lowest BCUT2D eigenvalue weighted by Crippen LogP contribution is -2.39. The van der Waals surface area contributed by atoms with Crippen molar-refractivity contribution in [3.05, 3.63) is 23.8 Å². The molecule has 1 aromatic carbocycles. The molecule has 0 saturated carbocycles. The van der Waals surface area contributed by atoms with Crippen LogP contribution in [0.4, 0.5) is 4.79 Å². The highest BCUT2D eigenvalue weighted by Gasteiger charge is 2.22. The van der Waals surface area contributed by atoms with Gasteiger partial charge in [0.25, 0.3) is 0 Å². The molecule has 0 bridgehead atoms. The maximum absolute atomic E-state index is 12.1. The minimum Gasteiger partial charge on any atom is -0.454 e. The van der Waals surface area contributed by atoms with Crippen LogP contribution < -0.4 is 9.47 Å². The van der Waals surface area contributed by atoms with Gasteiger partial charge in [0, 0.05) is 26.4 Å². The zero-order valence-corrected chi connectivity index (χ0v) is 14.4. The van der Waals surface area contributed by atoms with E-state index in [4.69, 9.17) is 18.9 Å². The molecule has 0 N–H and O–H groups in total. The third kappa shape index (κ3) is 4.53. The molecule has 1 aliphatic heterocycles. The Balaban J connectivity index is 1.88. The summed E-state index contributed by atoms with van der Waals surface area (Å²) in [5.41, 5.74) is 1.02. The fraction of sp³-hybridized carbons (Fsp3) is 0.529. The van der Waals surface area contributed by atoms with Crippen molar-refractivity contribution in [2.24, 2.45) is 0 Å². The van der Waals surface area contributed by atoms with Gasteiger partial charge >= 0.3 is 12.1 Å². The summed E-state index contributed by atoms with van der Waals surface area (Å²) in [7, 11) is 1.65. The zero-order chi connectivity index (χ0) is 17.7. The first kappa shape index (κ1) is 17.9. The second-order valence-corrected chi connectivity index (χ2v) is 5.65. The Morgan fingerprint density at radius 2 is 1.92 bits per heavy atom. The first-order chi connectivity index (χ1) is 11.4. The SMILES string of the molecule is CCC(=O)OC(C)OC(=O)N(C)C(C)Cc1ccc2c(c1)OCO2. The number of carbonyl (C=O) groups excluding carboxylic acids is 2. The van der Waals surface area contributed by atoms with Gasteiger partial charge in [0.2, 0.25) is 13.1 Å². The van der Waals surface area contributed by atoms with E-state index in [1.165, 1.54) is 11.8 Å². The summed E-state index contributed by atoms with van der Waals surface area (Å²) in [6.07, 6.45) is -0.589. The fourth-order valence-corrected chi connectivity index (χ4v) is 2.24. The highest BCUT2D eigenvalue weighted by molar-refractivity contribution is 5.70. The predicted molar refractivity (Wildman–Crippen MR) is 85.8 cm³/mol. The Bertz CT molecular complexity index is 603. The van der Waals surface area contributed by atoms with Crippen LogP contribution in [0.15, 0.2) is 18.2 Å². The van der Waals surface area contributed by atoms with Crippen LogP contribution in [-0.4, -0.2) is 43.1 Å². The molecule has 0 radical (unpaired) electrons. The Labute approximate surface area is 141 Å². The molecule has 0 spiro atoms. The lowest BCUT2D eigenvalue weighted by atomic mass is 10.1. The van der Waals surface area contributed by atoms with Crippen molar-refractivity contribution in [1.29, 1.82) is 0 Å². The van der Waals surface area contributed by atoms with Crippen molar-refractivity contribution in [2.45, 2.75) is 45.9 Å². The van der Waals surface area contributed by atoms with Crippen molar-refractivity contribution < 1.29 is 28.5 Å². The van der Waals surface area contributed by atoms with Crippen molar-refractivity contribution in [3.8, 4) is 11.5 Å². The second kappa shape index (κ2) is 7.90. The third-order valence-electron chi connectivity index (χ3n) is 3.77. The molecule has 0 saturated heterocycles. The average molecular weight is 337 g/mol. The lowest BCUT2D eigenvalue weighted by Gasteiger charge is -2.26. The van der Waals surface area contributed by atoms with E-state index < -0.39 is 18.4 Å². The summed E-state index contributed by atoms with van der Waals surface area (Å²) in [6, 6.07) is 5.60. The molecule has 7 heteroatoms. The number of likely N-dealkylation sites (N-methyl/N-ethyl adjacent to an activating group) is 1. The molecule has 0 aliphatic carbocycles. The number of carbonyl (C=O) groups is 2. The van der Waals surface area contributed by atoms with Crippen LogP contribution in [0.2, 0.25) is 0 Å². The Morgan fingerprint density at radius 1 is 1.21 bits per heavy atom. The zero-order valence-electron chi connectivity index (χ0n) is 14.4. The van der Waals surface area contributed by atoms with Gasteiger partial charge in [0.15, 0.2) is 11.5 Å². The number of amides is 1. The summed E-state index contributed by atoms with van der Waals surface area (Å²) < 4.78 is 20.7. The molecule has 1 aromatic rings. The second-order valence-electron chi connectivity index (χ2n) is 5.65. The van der Waals surface area contributed by atoms with Gasteiger partial charge in [-0.3, -0.25) is 4.79 Å². The minimum atomic E-state index is -0.912. The molecule has 2 unspecified atom stereocenters. The predicted octanol–water partition coefficient (Wildman–Crippen LogP) is 2.71. The standard InChI is InChI=1S/C17H23NO6/c1-5-16(19)23-12(3)24-17(20)18(4)11(2)8-13-6-7-14-15(9-13)22-10-21-14/h6-7,9,11-12H,5,8,10H2,1-4H3. The minimum absolute atomic E-state index is 0.105. The number of fused-ring (bicyclic) bond motifs is 1. The van der Waals surface area contributed by atoms with Gasteiger partial charge < -0.3 is 23.8 Å². The van der Waals surface area contributed by atoms with Gasteiger partial charge in [-0.05, 0) is 31.0 Å². The van der Waals surface area contributed by atoms with Crippen molar-refractivity contribution in [1.82, 2.24) is 4.90 Å². The summed E-state index contributed by atoms with van der Waals surface area (Å²) >= 11 is 0. The van der Waals surface area contributed by atoms with Gasteiger partial charge in [0.05, 0.1) is 0 Å². The number of hydrogen-bond donors (Lipinski definition) is 0. The van der Waals surface area contributed by atoms with Crippen LogP contribution in [0.3, 0.4) is 0 Å². The smallest absolute Gasteiger partial charge is 0.412 e. The highest BCUT2D eigenvalue weighted by atomic mass is 16.7. The molecule has 2 atom stereocenters. The van der Waals surface area contributed by atoms with E-state index in [9.17, 15) is 9.59 Å². The van der Waals surface area contributed by atoms with Gasteiger partial charge in [0.1, 0.15) is 0 Å². The largest absolute Gasteiger partial charge is 0.454 e. The fourth-order valence-electron chi connectivity index (χ4n) is 2.24. The van der Waals surface area contributed by atoms with Crippen molar-refractivity contribution >= 4 is 12.1 Å². The van der Waals surface area contributed by atoms with Crippen LogP contribution >= 0.6 is 0 Å². The number of nitrogens with zero attached hydrogens (tertiary/aromatic N) is 1. The summed E-state index contributed by atoms with van der Waals surface area (Å²) in [5, 5.41) is 0. The van der Waals surface area contributed by atoms with Gasteiger partial charge in [-0.25, -0.2) is 4.79 Å². The number of benzene rings is 1. The van der Waals surface area contributed by atoms with Gasteiger partial charge in [-0.1, -0.05) is 13.0 Å². The number of hydrogen-bond acceptors (Lipinski definition) is 6. The molecule has 0 fully saturated rings. The molecular formula is C17H23NO6. The molecule has 24 heavy (non-hydrogen) atoms. The maximum atomic E-state index is 12.1. The number of ether oxygens (including phenoxy) is 4. The first-order valence-corrected chi connectivity index (χ1v) is 7.92. The quantitative estimate of drug-likeness (QED) is 0.587. The average Bonchev–Trinajstić information content (AvgIpc) is 3.01.